The van der Waals surface area contributed by atoms with Crippen LogP contribution in [0.15, 0.2) is 30.7 Å². The Morgan fingerprint density at radius 1 is 1.10 bits per heavy atom. The number of aromatic amines is 1. The second kappa shape index (κ2) is 4.29. The van der Waals surface area contributed by atoms with Gasteiger partial charge in [0.2, 0.25) is 5.82 Å². The number of aromatic nitrogens is 4. The average molecular weight is 278 g/mol. The molecule has 0 amide bonds. The lowest BCUT2D eigenvalue weighted by Crippen LogP contribution is -2.10. The van der Waals surface area contributed by atoms with Gasteiger partial charge in [-0.15, -0.1) is 0 Å². The molecule has 0 atom stereocenters. The Labute approximate surface area is 111 Å². The second-order valence-corrected chi connectivity index (χ2v) is 4.37. The minimum absolute atomic E-state index is 0.482. The van der Waals surface area contributed by atoms with Crippen molar-refractivity contribution in [2.45, 2.75) is 13.1 Å². The van der Waals surface area contributed by atoms with E-state index in [1.165, 1.54) is 0 Å². The third-order valence-corrected chi connectivity index (χ3v) is 2.97. The number of hydrogen-bond donors (Lipinski definition) is 1. The maximum absolute atomic E-state index is 12.4. The van der Waals surface area contributed by atoms with Gasteiger partial charge in [-0.2, -0.15) is 13.2 Å². The maximum atomic E-state index is 12.4. The van der Waals surface area contributed by atoms with Crippen molar-refractivity contribution >= 4 is 11.0 Å². The van der Waals surface area contributed by atoms with Gasteiger partial charge < -0.3 is 4.98 Å². The largest absolute Gasteiger partial charge is 0.451 e. The lowest BCUT2D eigenvalue weighted by Gasteiger charge is -2.04. The molecule has 1 N–H and O–H groups in total. The second-order valence-electron chi connectivity index (χ2n) is 4.37. The summed E-state index contributed by atoms with van der Waals surface area (Å²) in [6.07, 6.45) is -0.565. The fourth-order valence-corrected chi connectivity index (χ4v) is 1.93. The highest BCUT2D eigenvalue weighted by Gasteiger charge is 2.34. The molecule has 4 nitrogen and oxygen atoms in total. The molecule has 7 heteroatoms. The molecular formula is C13H9F3N4. The van der Waals surface area contributed by atoms with Gasteiger partial charge in [0.1, 0.15) is 5.65 Å². The van der Waals surface area contributed by atoms with Crippen LogP contribution >= 0.6 is 0 Å². The van der Waals surface area contributed by atoms with Crippen molar-refractivity contribution in [2.24, 2.45) is 0 Å². The van der Waals surface area contributed by atoms with Crippen LogP contribution in [0, 0.1) is 6.92 Å². The highest BCUT2D eigenvalue weighted by Crippen LogP contribution is 2.28. The van der Waals surface area contributed by atoms with E-state index < -0.39 is 12.0 Å². The predicted octanol–water partition coefficient (Wildman–Crippen LogP) is 3.35. The molecule has 20 heavy (non-hydrogen) atoms. The minimum Gasteiger partial charge on any atom is -0.339 e. The number of H-pyrrole nitrogens is 1. The smallest absolute Gasteiger partial charge is 0.339 e. The van der Waals surface area contributed by atoms with Gasteiger partial charge in [-0.05, 0) is 24.6 Å². The predicted molar refractivity (Wildman–Crippen MR) is 66.9 cm³/mol. The van der Waals surface area contributed by atoms with Crippen molar-refractivity contribution in [3.05, 3.63) is 42.1 Å². The van der Waals surface area contributed by atoms with Gasteiger partial charge in [0.25, 0.3) is 0 Å². The molecule has 0 radical (unpaired) electrons. The zero-order valence-corrected chi connectivity index (χ0v) is 10.4. The standard InChI is InChI=1S/C13H9F3N4/c1-7-2-3-17-11-9(7)4-10(20-11)8-5-18-12(19-6-8)13(14,15)16/h2-6H,1H3,(H,17,20). The number of aryl methyl sites for hydroxylation is 1. The van der Waals surface area contributed by atoms with Crippen LogP contribution in [0.5, 0.6) is 0 Å². The van der Waals surface area contributed by atoms with Gasteiger partial charge in [0.15, 0.2) is 0 Å². The normalized spacial score (nSPS) is 12.0. The summed E-state index contributed by atoms with van der Waals surface area (Å²) in [7, 11) is 0. The Hall–Kier alpha value is -2.44. The van der Waals surface area contributed by atoms with Crippen LogP contribution in [-0.4, -0.2) is 19.9 Å². The molecule has 0 fully saturated rings. The molecule has 0 aromatic carbocycles. The Morgan fingerprint density at radius 2 is 1.80 bits per heavy atom. The summed E-state index contributed by atoms with van der Waals surface area (Å²) in [5.74, 6) is -1.15. The van der Waals surface area contributed by atoms with Crippen LogP contribution in [0.1, 0.15) is 11.4 Å². The maximum Gasteiger partial charge on any atom is 0.451 e. The zero-order chi connectivity index (χ0) is 14.3. The topological polar surface area (TPSA) is 54.5 Å². The summed E-state index contributed by atoms with van der Waals surface area (Å²) < 4.78 is 37.2. The minimum atomic E-state index is -4.53. The van der Waals surface area contributed by atoms with E-state index in [1.807, 2.05) is 19.1 Å². The van der Waals surface area contributed by atoms with Crippen LogP contribution in [0.3, 0.4) is 0 Å². The van der Waals surface area contributed by atoms with Gasteiger partial charge in [-0.25, -0.2) is 15.0 Å². The van der Waals surface area contributed by atoms with Crippen LogP contribution in [0.2, 0.25) is 0 Å². The monoisotopic (exact) mass is 278 g/mol. The Morgan fingerprint density at radius 3 is 2.40 bits per heavy atom. The molecular weight excluding hydrogens is 269 g/mol. The molecule has 0 aliphatic carbocycles. The lowest BCUT2D eigenvalue weighted by molar-refractivity contribution is -0.144. The third kappa shape index (κ3) is 2.11. The van der Waals surface area contributed by atoms with E-state index in [-0.39, 0.29) is 0 Å². The summed E-state index contributed by atoms with van der Waals surface area (Å²) in [4.78, 5) is 13.9. The fourth-order valence-electron chi connectivity index (χ4n) is 1.93. The van der Waals surface area contributed by atoms with Gasteiger partial charge in [-0.1, -0.05) is 0 Å². The van der Waals surface area contributed by atoms with Gasteiger partial charge in [0.05, 0.1) is 5.69 Å². The lowest BCUT2D eigenvalue weighted by atomic mass is 10.2. The van der Waals surface area contributed by atoms with E-state index in [0.717, 1.165) is 23.3 Å². The van der Waals surface area contributed by atoms with Gasteiger partial charge in [-0.3, -0.25) is 0 Å². The molecule has 0 aliphatic heterocycles. The third-order valence-electron chi connectivity index (χ3n) is 2.97. The zero-order valence-electron chi connectivity index (χ0n) is 10.4. The number of rotatable bonds is 1. The first kappa shape index (κ1) is 12.6. The molecule has 3 aromatic rings. The first-order chi connectivity index (χ1) is 9.45. The van der Waals surface area contributed by atoms with Crippen LogP contribution < -0.4 is 0 Å². The molecule has 3 aromatic heterocycles. The molecule has 0 bridgehead atoms. The van der Waals surface area contributed by atoms with E-state index in [0.29, 0.717) is 16.9 Å². The summed E-state index contributed by atoms with van der Waals surface area (Å²) in [6, 6.07) is 3.69. The van der Waals surface area contributed by atoms with Crippen LogP contribution in [0.25, 0.3) is 22.3 Å². The van der Waals surface area contributed by atoms with Crippen molar-refractivity contribution < 1.29 is 13.2 Å². The quantitative estimate of drug-likeness (QED) is 0.742. The van der Waals surface area contributed by atoms with E-state index in [1.54, 1.807) is 6.20 Å². The van der Waals surface area contributed by atoms with Gasteiger partial charge >= 0.3 is 6.18 Å². The Balaban J connectivity index is 2.05. The van der Waals surface area contributed by atoms with E-state index in [2.05, 4.69) is 19.9 Å². The number of nitrogens with one attached hydrogen (secondary N) is 1. The summed E-state index contributed by atoms with van der Waals surface area (Å²) in [6.45, 7) is 1.94. The summed E-state index contributed by atoms with van der Waals surface area (Å²) >= 11 is 0. The van der Waals surface area contributed by atoms with Crippen LogP contribution in [0.4, 0.5) is 13.2 Å². The van der Waals surface area contributed by atoms with Crippen molar-refractivity contribution in [2.75, 3.05) is 0 Å². The fraction of sp³-hybridized carbons (Fsp3) is 0.154. The van der Waals surface area contributed by atoms with Crippen LogP contribution in [-0.2, 0) is 6.18 Å². The first-order valence-corrected chi connectivity index (χ1v) is 5.79. The summed E-state index contributed by atoms with van der Waals surface area (Å²) in [5, 5.41) is 0.919. The molecule has 3 heterocycles. The van der Waals surface area contributed by atoms with Crippen molar-refractivity contribution in [1.29, 1.82) is 0 Å². The molecule has 0 aliphatic rings. The highest BCUT2D eigenvalue weighted by molar-refractivity contribution is 5.85. The molecule has 0 saturated heterocycles. The number of fused-ring (bicyclic) bond motifs is 1. The molecule has 3 rings (SSSR count). The summed E-state index contributed by atoms with van der Waals surface area (Å²) in [5.41, 5.74) is 2.83. The molecule has 102 valence electrons. The van der Waals surface area contributed by atoms with Crippen molar-refractivity contribution in [3.63, 3.8) is 0 Å². The van der Waals surface area contributed by atoms with E-state index >= 15 is 0 Å². The van der Waals surface area contributed by atoms with Crippen molar-refractivity contribution in [1.82, 2.24) is 19.9 Å². The molecule has 0 unspecified atom stereocenters. The molecule has 0 spiro atoms. The Kier molecular flexibility index (Phi) is 2.70. The Bertz CT molecular complexity index is 759. The average Bonchev–Trinajstić information content (AvgIpc) is 2.83. The molecule has 0 saturated carbocycles. The number of halogens is 3. The number of hydrogen-bond acceptors (Lipinski definition) is 3. The van der Waals surface area contributed by atoms with Crippen molar-refractivity contribution in [3.8, 4) is 11.3 Å². The SMILES string of the molecule is Cc1ccnc2[nH]c(-c3cnc(C(F)(F)F)nc3)cc12. The number of alkyl halides is 3. The highest BCUT2D eigenvalue weighted by atomic mass is 19.4. The van der Waals surface area contributed by atoms with E-state index in [4.69, 9.17) is 0 Å². The van der Waals surface area contributed by atoms with Gasteiger partial charge in [0, 0.05) is 29.5 Å². The first-order valence-electron chi connectivity index (χ1n) is 5.79. The van der Waals surface area contributed by atoms with E-state index in [9.17, 15) is 13.2 Å². The number of nitrogens with zero attached hydrogens (tertiary/aromatic N) is 3. The number of pyridine rings is 1.